The second kappa shape index (κ2) is 5.79. The Hall–Kier alpha value is -1.37. The largest absolute Gasteiger partial charge is 0.456 e. The van der Waals surface area contributed by atoms with Gasteiger partial charge in [0, 0.05) is 7.11 Å². The van der Waals surface area contributed by atoms with Gasteiger partial charge in [-0.15, -0.1) is 0 Å². The molecule has 0 unspecified atom stereocenters. The van der Waals surface area contributed by atoms with E-state index < -0.39 is 42.5 Å². The third kappa shape index (κ3) is 4.84. The highest BCUT2D eigenvalue weighted by molar-refractivity contribution is 6.12. The highest BCUT2D eigenvalue weighted by Gasteiger charge is 2.67. The van der Waals surface area contributed by atoms with Crippen molar-refractivity contribution in [2.45, 2.75) is 24.3 Å². The van der Waals surface area contributed by atoms with Gasteiger partial charge in [0.05, 0.1) is 0 Å². The molecule has 0 radical (unpaired) electrons. The van der Waals surface area contributed by atoms with Gasteiger partial charge in [0.25, 0.3) is 0 Å². The maximum Gasteiger partial charge on any atom is 0.456 e. The highest BCUT2D eigenvalue weighted by atomic mass is 19.4. The standard InChI is InChI=1S/C8H5F9O4/c1-20-2-5(9,10)21-8(16,17)4(19)6(11,12)3(18)7(13,14)15/h2H2,1H3. The summed E-state index contributed by atoms with van der Waals surface area (Å²) in [6.07, 6.45) is -17.4. The average molecular weight is 336 g/mol. The van der Waals surface area contributed by atoms with Gasteiger partial charge in [0.1, 0.15) is 6.61 Å². The van der Waals surface area contributed by atoms with E-state index in [1.807, 2.05) is 0 Å². The van der Waals surface area contributed by atoms with E-state index in [4.69, 9.17) is 0 Å². The summed E-state index contributed by atoms with van der Waals surface area (Å²) < 4.78 is 117. The summed E-state index contributed by atoms with van der Waals surface area (Å²) in [5.74, 6) is -14.5. The minimum atomic E-state index is -6.34. The summed E-state index contributed by atoms with van der Waals surface area (Å²) in [6.45, 7) is -1.91. The monoisotopic (exact) mass is 336 g/mol. The van der Waals surface area contributed by atoms with Crippen molar-refractivity contribution in [1.29, 1.82) is 0 Å². The number of Topliss-reactive ketones (excluding diaryl/α,β-unsaturated/α-hetero) is 2. The zero-order valence-corrected chi connectivity index (χ0v) is 9.74. The minimum Gasteiger partial charge on any atom is -0.376 e. The van der Waals surface area contributed by atoms with Crippen LogP contribution in [0, 0.1) is 0 Å². The van der Waals surface area contributed by atoms with Crippen LogP contribution in [0.3, 0.4) is 0 Å². The fourth-order valence-corrected chi connectivity index (χ4v) is 0.895. The lowest BCUT2D eigenvalue weighted by molar-refractivity contribution is -0.370. The first-order chi connectivity index (χ1) is 9.08. The van der Waals surface area contributed by atoms with Crippen LogP contribution in [0.1, 0.15) is 0 Å². The average Bonchev–Trinajstić information content (AvgIpc) is 2.23. The third-order valence-corrected chi connectivity index (χ3v) is 1.68. The molecular formula is C8H5F9O4. The van der Waals surface area contributed by atoms with Crippen molar-refractivity contribution in [3.8, 4) is 0 Å². The van der Waals surface area contributed by atoms with Crippen LogP contribution < -0.4 is 0 Å². The number of alkyl halides is 9. The molecule has 0 fully saturated rings. The summed E-state index contributed by atoms with van der Waals surface area (Å²) >= 11 is 0. The van der Waals surface area contributed by atoms with E-state index in [2.05, 4.69) is 9.47 Å². The molecule has 0 spiro atoms. The van der Waals surface area contributed by atoms with E-state index in [0.717, 1.165) is 0 Å². The van der Waals surface area contributed by atoms with Crippen LogP contribution in [-0.2, 0) is 19.1 Å². The zero-order chi connectivity index (χ0) is 17.3. The molecule has 0 saturated heterocycles. The van der Waals surface area contributed by atoms with Crippen molar-refractivity contribution < 1.29 is 58.6 Å². The molecule has 4 nitrogen and oxygen atoms in total. The van der Waals surface area contributed by atoms with Gasteiger partial charge in [-0.3, -0.25) is 9.59 Å². The molecule has 0 aromatic carbocycles. The predicted molar refractivity (Wildman–Crippen MR) is 43.9 cm³/mol. The van der Waals surface area contributed by atoms with Gasteiger partial charge in [-0.2, -0.15) is 39.5 Å². The maximum atomic E-state index is 12.8. The Bertz CT molecular complexity index is 414. The molecule has 124 valence electrons. The first kappa shape index (κ1) is 19.6. The molecule has 21 heavy (non-hydrogen) atoms. The van der Waals surface area contributed by atoms with Crippen molar-refractivity contribution in [2.75, 3.05) is 13.7 Å². The summed E-state index contributed by atoms with van der Waals surface area (Å²) in [7, 11) is 0.568. The lowest BCUT2D eigenvalue weighted by Gasteiger charge is -2.24. The molecule has 13 heteroatoms. The van der Waals surface area contributed by atoms with Gasteiger partial charge in [-0.05, 0) is 0 Å². The van der Waals surface area contributed by atoms with Crippen LogP contribution in [0.15, 0.2) is 0 Å². The molecule has 0 aliphatic heterocycles. The van der Waals surface area contributed by atoms with Crippen molar-refractivity contribution in [2.24, 2.45) is 0 Å². The molecule has 0 amide bonds. The molecule has 0 aliphatic carbocycles. The first-order valence-electron chi connectivity index (χ1n) is 4.57. The van der Waals surface area contributed by atoms with Crippen molar-refractivity contribution in [3.63, 3.8) is 0 Å². The topological polar surface area (TPSA) is 52.6 Å². The van der Waals surface area contributed by atoms with E-state index in [0.29, 0.717) is 7.11 Å². The number of halogens is 9. The van der Waals surface area contributed by atoms with E-state index in [1.165, 1.54) is 0 Å². The van der Waals surface area contributed by atoms with Gasteiger partial charge < -0.3 is 4.74 Å². The second-order valence-corrected chi connectivity index (χ2v) is 3.42. The second-order valence-electron chi connectivity index (χ2n) is 3.42. The molecule has 0 aromatic heterocycles. The Balaban J connectivity index is 5.35. The molecule has 0 heterocycles. The predicted octanol–water partition coefficient (Wildman–Crippen LogP) is 2.17. The lowest BCUT2D eigenvalue weighted by Crippen LogP contribution is -2.55. The Morgan fingerprint density at radius 1 is 0.857 bits per heavy atom. The van der Waals surface area contributed by atoms with E-state index in [-0.39, 0.29) is 0 Å². The van der Waals surface area contributed by atoms with Gasteiger partial charge in [-0.25, -0.2) is 4.74 Å². The number of hydrogen-bond acceptors (Lipinski definition) is 4. The SMILES string of the molecule is COCC(F)(F)OC(F)(F)C(=O)C(F)(F)C(=O)C(F)(F)F. The normalized spacial score (nSPS) is 14.2. The number of carbonyl (C=O) groups excluding carboxylic acids is 2. The smallest absolute Gasteiger partial charge is 0.376 e. The fraction of sp³-hybridized carbons (Fsp3) is 0.750. The fourth-order valence-electron chi connectivity index (χ4n) is 0.895. The Morgan fingerprint density at radius 2 is 1.29 bits per heavy atom. The zero-order valence-electron chi connectivity index (χ0n) is 9.74. The molecule has 0 rings (SSSR count). The van der Waals surface area contributed by atoms with Gasteiger partial charge in [0.15, 0.2) is 0 Å². The molecular weight excluding hydrogens is 331 g/mol. The van der Waals surface area contributed by atoms with Crippen molar-refractivity contribution in [3.05, 3.63) is 0 Å². The van der Waals surface area contributed by atoms with Gasteiger partial charge in [0.2, 0.25) is 0 Å². The third-order valence-electron chi connectivity index (χ3n) is 1.68. The summed E-state index contributed by atoms with van der Waals surface area (Å²) in [6, 6.07) is 0. The van der Waals surface area contributed by atoms with Gasteiger partial charge >= 0.3 is 35.9 Å². The number of rotatable bonds is 7. The Morgan fingerprint density at radius 3 is 1.62 bits per heavy atom. The van der Waals surface area contributed by atoms with Crippen molar-refractivity contribution in [1.82, 2.24) is 0 Å². The van der Waals surface area contributed by atoms with E-state index >= 15 is 0 Å². The molecule has 0 atom stereocenters. The number of methoxy groups -OCH3 is 1. The van der Waals surface area contributed by atoms with Crippen LogP contribution >= 0.6 is 0 Å². The quantitative estimate of drug-likeness (QED) is 0.528. The minimum absolute atomic E-state index is 0.568. The lowest BCUT2D eigenvalue weighted by atomic mass is 10.1. The van der Waals surface area contributed by atoms with Crippen LogP contribution in [-0.4, -0.2) is 49.6 Å². The Labute approximate surface area is 109 Å². The van der Waals surface area contributed by atoms with Crippen molar-refractivity contribution >= 4 is 11.6 Å². The maximum absolute atomic E-state index is 12.8. The molecule has 0 saturated carbocycles. The molecule has 0 N–H and O–H groups in total. The molecule has 0 aromatic rings. The number of ether oxygens (including phenoxy) is 2. The molecule has 0 aliphatic rings. The summed E-state index contributed by atoms with van der Waals surface area (Å²) in [5.41, 5.74) is 0. The summed E-state index contributed by atoms with van der Waals surface area (Å²) in [5, 5.41) is 0. The molecule has 0 bridgehead atoms. The van der Waals surface area contributed by atoms with Crippen LogP contribution in [0.5, 0.6) is 0 Å². The Kier molecular flexibility index (Phi) is 5.41. The number of ketones is 2. The van der Waals surface area contributed by atoms with E-state index in [1.54, 1.807) is 0 Å². The van der Waals surface area contributed by atoms with Gasteiger partial charge in [-0.1, -0.05) is 0 Å². The number of carbonyl (C=O) groups is 2. The van der Waals surface area contributed by atoms with Crippen LogP contribution in [0.4, 0.5) is 39.5 Å². The highest BCUT2D eigenvalue weighted by Crippen LogP contribution is 2.36. The first-order valence-corrected chi connectivity index (χ1v) is 4.57. The van der Waals surface area contributed by atoms with Crippen LogP contribution in [0.25, 0.3) is 0 Å². The summed E-state index contributed by atoms with van der Waals surface area (Å²) in [4.78, 5) is 20.7. The number of hydrogen-bond donors (Lipinski definition) is 0. The van der Waals surface area contributed by atoms with E-state index in [9.17, 15) is 49.1 Å². The van der Waals surface area contributed by atoms with Crippen LogP contribution in [0.2, 0.25) is 0 Å².